The number of carbonyl (C=O) groups excluding carboxylic acids is 1. The summed E-state index contributed by atoms with van der Waals surface area (Å²) in [5.74, 6) is 1.56. The van der Waals surface area contributed by atoms with Crippen LogP contribution in [0, 0.1) is 12.8 Å². The predicted octanol–water partition coefficient (Wildman–Crippen LogP) is 5.15. The molecule has 3 rings (SSSR count). The molecule has 2 aromatic carbocycles. The van der Waals surface area contributed by atoms with E-state index in [4.69, 9.17) is 18.6 Å². The lowest BCUT2D eigenvalue weighted by Crippen LogP contribution is -2.04. The molecule has 0 N–H and O–H groups in total. The van der Waals surface area contributed by atoms with Gasteiger partial charge in [0.05, 0.1) is 13.7 Å². The molecule has 6 heteroatoms. The van der Waals surface area contributed by atoms with Gasteiger partial charge in [-0.15, -0.1) is 0 Å². The third-order valence-electron chi connectivity index (χ3n) is 4.69. The Hall–Kier alpha value is -3.54. The number of benzene rings is 2. The highest BCUT2D eigenvalue weighted by atomic mass is 16.5. The Bertz CT molecular complexity index is 1160. The number of rotatable bonds is 8. The highest BCUT2D eigenvalue weighted by Crippen LogP contribution is 2.29. The maximum atomic E-state index is 12.2. The molecule has 6 nitrogen and oxygen atoms in total. The number of esters is 1. The van der Waals surface area contributed by atoms with Gasteiger partial charge in [-0.25, -0.2) is 9.59 Å². The molecule has 1 aromatic heterocycles. The zero-order valence-electron chi connectivity index (χ0n) is 18.1. The molecular weight excluding hydrogens is 396 g/mol. The van der Waals surface area contributed by atoms with Gasteiger partial charge in [-0.2, -0.15) is 0 Å². The topological polar surface area (TPSA) is 75.0 Å². The van der Waals surface area contributed by atoms with Gasteiger partial charge in [0.25, 0.3) is 0 Å². The van der Waals surface area contributed by atoms with Crippen LogP contribution in [0.4, 0.5) is 0 Å². The second kappa shape index (κ2) is 9.98. The minimum Gasteiger partial charge on any atom is -0.493 e. The Morgan fingerprint density at radius 3 is 2.65 bits per heavy atom. The number of hydrogen-bond donors (Lipinski definition) is 0. The summed E-state index contributed by atoms with van der Waals surface area (Å²) in [6.07, 6.45) is 3.91. The lowest BCUT2D eigenvalue weighted by molar-refractivity contribution is -0.128. The molecule has 0 spiro atoms. The first-order chi connectivity index (χ1) is 14.9. The average Bonchev–Trinajstić information content (AvgIpc) is 2.72. The van der Waals surface area contributed by atoms with Crippen molar-refractivity contribution in [1.29, 1.82) is 0 Å². The Morgan fingerprint density at radius 1 is 1.10 bits per heavy atom. The molecule has 0 aliphatic rings. The smallest absolute Gasteiger partial charge is 0.336 e. The largest absolute Gasteiger partial charge is 0.493 e. The quantitative estimate of drug-likeness (QED) is 0.216. The van der Waals surface area contributed by atoms with Crippen LogP contribution in [0.1, 0.15) is 31.4 Å². The maximum Gasteiger partial charge on any atom is 0.336 e. The first kappa shape index (κ1) is 22.2. The molecule has 0 unspecified atom stereocenters. The van der Waals surface area contributed by atoms with Crippen LogP contribution in [0.3, 0.4) is 0 Å². The van der Waals surface area contributed by atoms with Crippen molar-refractivity contribution < 1.29 is 23.4 Å². The monoisotopic (exact) mass is 422 g/mol. The van der Waals surface area contributed by atoms with E-state index in [1.165, 1.54) is 18.2 Å². The molecule has 0 fully saturated rings. The Kier molecular flexibility index (Phi) is 7.13. The summed E-state index contributed by atoms with van der Waals surface area (Å²) in [4.78, 5) is 23.8. The number of ether oxygens (including phenoxy) is 3. The first-order valence-corrected chi connectivity index (χ1v) is 10.1. The third-order valence-corrected chi connectivity index (χ3v) is 4.69. The van der Waals surface area contributed by atoms with Gasteiger partial charge >= 0.3 is 11.6 Å². The predicted molar refractivity (Wildman–Crippen MR) is 120 cm³/mol. The molecule has 0 amide bonds. The van der Waals surface area contributed by atoms with Crippen molar-refractivity contribution in [2.24, 2.45) is 5.92 Å². The van der Waals surface area contributed by atoms with Crippen LogP contribution in [0.25, 0.3) is 17.0 Å². The number of carbonyl (C=O) groups is 1. The summed E-state index contributed by atoms with van der Waals surface area (Å²) in [7, 11) is 1.58. The number of methoxy groups -OCH3 is 1. The van der Waals surface area contributed by atoms with Crippen molar-refractivity contribution in [2.45, 2.75) is 27.2 Å². The van der Waals surface area contributed by atoms with Crippen molar-refractivity contribution in [3.8, 4) is 17.2 Å². The lowest BCUT2D eigenvalue weighted by Gasteiger charge is -2.12. The second-order valence-corrected chi connectivity index (χ2v) is 7.60. The molecule has 31 heavy (non-hydrogen) atoms. The van der Waals surface area contributed by atoms with E-state index in [1.54, 1.807) is 31.4 Å². The zero-order chi connectivity index (χ0) is 22.4. The summed E-state index contributed by atoms with van der Waals surface area (Å²) < 4.78 is 21.7. The number of hydrogen-bond acceptors (Lipinski definition) is 6. The molecule has 0 saturated heterocycles. The summed E-state index contributed by atoms with van der Waals surface area (Å²) in [5.41, 5.74) is 1.50. The molecule has 1 heterocycles. The van der Waals surface area contributed by atoms with Crippen LogP contribution in [0.5, 0.6) is 17.2 Å². The van der Waals surface area contributed by atoms with Crippen molar-refractivity contribution >= 4 is 23.0 Å². The van der Waals surface area contributed by atoms with Crippen molar-refractivity contribution in [2.75, 3.05) is 13.7 Å². The molecule has 3 aromatic rings. The number of aryl methyl sites for hydroxylation is 1. The van der Waals surface area contributed by atoms with Crippen LogP contribution >= 0.6 is 0 Å². The van der Waals surface area contributed by atoms with E-state index >= 15 is 0 Å². The average molecular weight is 422 g/mol. The van der Waals surface area contributed by atoms with Crippen LogP contribution in [0.15, 0.2) is 57.8 Å². The Morgan fingerprint density at radius 2 is 1.90 bits per heavy atom. The minimum atomic E-state index is -0.550. The van der Waals surface area contributed by atoms with Gasteiger partial charge in [0.15, 0.2) is 11.5 Å². The van der Waals surface area contributed by atoms with E-state index < -0.39 is 11.6 Å². The van der Waals surface area contributed by atoms with E-state index in [0.717, 1.165) is 22.9 Å². The van der Waals surface area contributed by atoms with Crippen molar-refractivity contribution in [3.63, 3.8) is 0 Å². The molecule has 0 saturated carbocycles. The zero-order valence-corrected chi connectivity index (χ0v) is 18.1. The van der Waals surface area contributed by atoms with Crippen molar-refractivity contribution in [3.05, 3.63) is 70.1 Å². The van der Waals surface area contributed by atoms with Gasteiger partial charge < -0.3 is 18.6 Å². The Labute approximate surface area is 181 Å². The van der Waals surface area contributed by atoms with E-state index in [9.17, 15) is 9.59 Å². The highest BCUT2D eigenvalue weighted by Gasteiger charge is 2.08. The van der Waals surface area contributed by atoms with Gasteiger partial charge in [0, 0.05) is 23.6 Å². The molecule has 0 aliphatic carbocycles. The van der Waals surface area contributed by atoms with Gasteiger partial charge in [0.2, 0.25) is 0 Å². The molecule has 0 radical (unpaired) electrons. The van der Waals surface area contributed by atoms with E-state index in [2.05, 4.69) is 13.8 Å². The van der Waals surface area contributed by atoms with Gasteiger partial charge in [0.1, 0.15) is 11.3 Å². The number of fused-ring (bicyclic) bond motifs is 1. The summed E-state index contributed by atoms with van der Waals surface area (Å²) in [6.45, 7) is 6.72. The highest BCUT2D eigenvalue weighted by molar-refractivity contribution is 5.89. The van der Waals surface area contributed by atoms with Crippen LogP contribution in [-0.4, -0.2) is 19.7 Å². The van der Waals surface area contributed by atoms with Crippen LogP contribution in [0.2, 0.25) is 0 Å². The van der Waals surface area contributed by atoms with Gasteiger partial charge in [-0.05, 0) is 60.7 Å². The fourth-order valence-electron chi connectivity index (χ4n) is 2.99. The maximum absolute atomic E-state index is 12.2. The fraction of sp³-hybridized carbons (Fsp3) is 0.280. The lowest BCUT2D eigenvalue weighted by atomic mass is 10.1. The summed E-state index contributed by atoms with van der Waals surface area (Å²) in [5, 5.41) is 0.790. The Balaban J connectivity index is 1.68. The fourth-order valence-corrected chi connectivity index (χ4v) is 2.99. The van der Waals surface area contributed by atoms with Gasteiger partial charge in [-0.1, -0.05) is 19.9 Å². The molecule has 162 valence electrons. The summed E-state index contributed by atoms with van der Waals surface area (Å²) in [6, 6.07) is 11.8. The van der Waals surface area contributed by atoms with E-state index in [1.807, 2.05) is 19.1 Å². The third kappa shape index (κ3) is 5.98. The standard InChI is InChI=1S/C25H26O6/c1-16(2)11-12-29-21-9-5-18(14-23(21)28-4)6-10-24(26)30-19-7-8-20-17(3)13-25(27)31-22(20)15-19/h5-10,13-16H,11-12H2,1-4H3/b10-6+. The molecule has 0 atom stereocenters. The molecular formula is C25H26O6. The SMILES string of the molecule is COc1cc(/C=C/C(=O)Oc2ccc3c(C)cc(=O)oc3c2)ccc1OCCC(C)C. The normalized spacial score (nSPS) is 11.3. The van der Waals surface area contributed by atoms with Crippen molar-refractivity contribution in [1.82, 2.24) is 0 Å². The van der Waals surface area contributed by atoms with E-state index in [-0.39, 0.29) is 0 Å². The molecule has 0 bridgehead atoms. The minimum absolute atomic E-state index is 0.294. The summed E-state index contributed by atoms with van der Waals surface area (Å²) >= 11 is 0. The second-order valence-electron chi connectivity index (χ2n) is 7.60. The van der Waals surface area contributed by atoms with Gasteiger partial charge in [-0.3, -0.25) is 0 Å². The van der Waals surface area contributed by atoms with E-state index in [0.29, 0.717) is 35.4 Å². The first-order valence-electron chi connectivity index (χ1n) is 10.1. The van der Waals surface area contributed by atoms with Crippen LogP contribution < -0.4 is 19.8 Å². The van der Waals surface area contributed by atoms with Crippen LogP contribution in [-0.2, 0) is 4.79 Å². The molecule has 0 aliphatic heterocycles.